The zero-order valence-corrected chi connectivity index (χ0v) is 26.0. The molecule has 0 aliphatic heterocycles. The summed E-state index contributed by atoms with van der Waals surface area (Å²) in [7, 11) is 0. The van der Waals surface area contributed by atoms with E-state index in [0.29, 0.717) is 16.9 Å². The summed E-state index contributed by atoms with van der Waals surface area (Å²) in [4.78, 5) is 13.0. The van der Waals surface area contributed by atoms with Crippen molar-refractivity contribution in [2.24, 2.45) is 0 Å². The van der Waals surface area contributed by atoms with Gasteiger partial charge < -0.3 is 9.47 Å². The summed E-state index contributed by atoms with van der Waals surface area (Å²) in [6.45, 7) is 12.8. The molecule has 3 heteroatoms. The molecule has 42 heavy (non-hydrogen) atoms. The molecule has 0 aromatic heterocycles. The Bertz CT molecular complexity index is 1480. The standard InChI is InChI=1S/C39H44O3/c1-37(2,3)30-14-10-28(11-15-30)36(40)29-12-20-33(21-13-29)41-34-22-16-31(17-23-34)39(26-8-7-9-27-39)32-18-24-35(25-19-32)42-38(4,5)6/h10-25H,7-9,26-27H2,1-6H3. The molecule has 1 saturated carbocycles. The monoisotopic (exact) mass is 560 g/mol. The highest BCUT2D eigenvalue weighted by Gasteiger charge is 2.35. The Morgan fingerprint density at radius 1 is 0.571 bits per heavy atom. The van der Waals surface area contributed by atoms with Gasteiger partial charge in [-0.1, -0.05) is 88.6 Å². The molecular weight excluding hydrogens is 516 g/mol. The molecule has 3 nitrogen and oxygen atoms in total. The predicted octanol–water partition coefficient (Wildman–Crippen LogP) is 10.4. The SMILES string of the molecule is CC(C)(C)Oc1ccc(C2(c3ccc(Oc4ccc(C(=O)c5ccc(C(C)(C)C)cc5)cc4)cc3)CCCCC2)cc1. The fourth-order valence-electron chi connectivity index (χ4n) is 6.04. The molecule has 5 rings (SSSR count). The van der Waals surface area contributed by atoms with Crippen LogP contribution in [0.25, 0.3) is 0 Å². The lowest BCUT2D eigenvalue weighted by Gasteiger charge is -2.39. The number of hydrogen-bond donors (Lipinski definition) is 0. The number of hydrogen-bond acceptors (Lipinski definition) is 3. The first kappa shape index (κ1) is 29.6. The van der Waals surface area contributed by atoms with Crippen molar-refractivity contribution in [2.75, 3.05) is 0 Å². The second-order valence-corrected chi connectivity index (χ2v) is 13.7. The molecule has 1 aliphatic rings. The molecule has 218 valence electrons. The Balaban J connectivity index is 1.29. The maximum Gasteiger partial charge on any atom is 0.193 e. The van der Waals surface area contributed by atoms with Crippen LogP contribution in [0.3, 0.4) is 0 Å². The van der Waals surface area contributed by atoms with Crippen molar-refractivity contribution < 1.29 is 14.3 Å². The topological polar surface area (TPSA) is 35.5 Å². The number of ketones is 1. The van der Waals surface area contributed by atoms with Gasteiger partial charge in [0.1, 0.15) is 22.8 Å². The Kier molecular flexibility index (Phi) is 8.32. The molecule has 0 N–H and O–H groups in total. The Morgan fingerprint density at radius 3 is 1.45 bits per heavy atom. The Labute approximate surface area is 251 Å². The maximum absolute atomic E-state index is 13.0. The quantitative estimate of drug-likeness (QED) is 0.211. The van der Waals surface area contributed by atoms with Crippen molar-refractivity contribution in [2.45, 2.75) is 90.1 Å². The van der Waals surface area contributed by atoms with Crippen LogP contribution in [0.4, 0.5) is 0 Å². The van der Waals surface area contributed by atoms with Gasteiger partial charge in [-0.15, -0.1) is 0 Å². The number of benzene rings is 4. The normalized spacial score (nSPS) is 15.2. The van der Waals surface area contributed by atoms with E-state index in [1.807, 2.05) is 48.5 Å². The second kappa shape index (κ2) is 11.8. The first-order valence-corrected chi connectivity index (χ1v) is 15.3. The average molecular weight is 561 g/mol. The van der Waals surface area contributed by atoms with Crippen molar-refractivity contribution >= 4 is 5.78 Å². The average Bonchev–Trinajstić information content (AvgIpc) is 2.97. The van der Waals surface area contributed by atoms with Gasteiger partial charge >= 0.3 is 0 Å². The first-order valence-electron chi connectivity index (χ1n) is 15.3. The molecule has 0 radical (unpaired) electrons. The minimum Gasteiger partial charge on any atom is -0.488 e. The largest absolute Gasteiger partial charge is 0.488 e. The third-order valence-electron chi connectivity index (χ3n) is 8.31. The molecule has 0 heterocycles. The summed E-state index contributed by atoms with van der Waals surface area (Å²) in [6, 6.07) is 32.7. The highest BCUT2D eigenvalue weighted by Crippen LogP contribution is 2.45. The molecule has 1 aliphatic carbocycles. The minimum atomic E-state index is -0.214. The van der Waals surface area contributed by atoms with Crippen LogP contribution in [-0.2, 0) is 10.8 Å². The number of rotatable bonds is 7. The van der Waals surface area contributed by atoms with E-state index < -0.39 is 0 Å². The van der Waals surface area contributed by atoms with E-state index in [0.717, 1.165) is 24.3 Å². The van der Waals surface area contributed by atoms with Crippen LogP contribution in [-0.4, -0.2) is 11.4 Å². The zero-order chi connectivity index (χ0) is 30.0. The van der Waals surface area contributed by atoms with E-state index in [1.54, 1.807) is 0 Å². The molecular formula is C39H44O3. The summed E-state index contributed by atoms with van der Waals surface area (Å²) in [5, 5.41) is 0. The van der Waals surface area contributed by atoms with Crippen LogP contribution >= 0.6 is 0 Å². The summed E-state index contributed by atoms with van der Waals surface area (Å²) in [5.74, 6) is 2.42. The zero-order valence-electron chi connectivity index (χ0n) is 26.0. The summed E-state index contributed by atoms with van der Waals surface area (Å²) in [5.41, 5.74) is 5.09. The van der Waals surface area contributed by atoms with Crippen molar-refractivity contribution in [3.63, 3.8) is 0 Å². The minimum absolute atomic E-state index is 0.00410. The van der Waals surface area contributed by atoms with Crippen molar-refractivity contribution in [3.8, 4) is 17.2 Å². The molecule has 4 aromatic carbocycles. The molecule has 0 amide bonds. The van der Waals surface area contributed by atoms with Crippen LogP contribution in [0.5, 0.6) is 17.2 Å². The van der Waals surface area contributed by atoms with Gasteiger partial charge in [0.25, 0.3) is 0 Å². The lowest BCUT2D eigenvalue weighted by molar-refractivity contribution is 0.103. The van der Waals surface area contributed by atoms with Crippen LogP contribution in [0.1, 0.15) is 106 Å². The molecule has 0 bridgehead atoms. The maximum atomic E-state index is 13.0. The second-order valence-electron chi connectivity index (χ2n) is 13.7. The van der Waals surface area contributed by atoms with Crippen LogP contribution in [0.15, 0.2) is 97.1 Å². The fraction of sp³-hybridized carbons (Fsp3) is 0.359. The van der Waals surface area contributed by atoms with Gasteiger partial charge in [-0.25, -0.2) is 0 Å². The number of ether oxygens (including phenoxy) is 2. The van der Waals surface area contributed by atoms with Crippen molar-refractivity contribution in [1.29, 1.82) is 0 Å². The highest BCUT2D eigenvalue weighted by molar-refractivity contribution is 6.09. The van der Waals surface area contributed by atoms with Gasteiger partial charge in [0.15, 0.2) is 5.78 Å². The molecule has 0 atom stereocenters. The summed E-state index contributed by atoms with van der Waals surface area (Å²) >= 11 is 0. The van der Waals surface area contributed by atoms with Crippen LogP contribution < -0.4 is 9.47 Å². The van der Waals surface area contributed by atoms with Gasteiger partial charge in [-0.05, 0) is 104 Å². The molecule has 0 unspecified atom stereocenters. The van der Waals surface area contributed by atoms with E-state index in [9.17, 15) is 4.79 Å². The lowest BCUT2D eigenvalue weighted by Crippen LogP contribution is -2.30. The van der Waals surface area contributed by atoms with E-state index in [2.05, 4.69) is 90.1 Å². The summed E-state index contributed by atoms with van der Waals surface area (Å²) in [6.07, 6.45) is 6.02. The van der Waals surface area contributed by atoms with Crippen LogP contribution in [0.2, 0.25) is 0 Å². The molecule has 1 fully saturated rings. The van der Waals surface area contributed by atoms with E-state index in [1.165, 1.54) is 36.0 Å². The van der Waals surface area contributed by atoms with E-state index in [-0.39, 0.29) is 22.2 Å². The lowest BCUT2D eigenvalue weighted by atomic mass is 9.65. The molecule has 0 spiro atoms. The van der Waals surface area contributed by atoms with Gasteiger partial charge in [-0.2, -0.15) is 0 Å². The Morgan fingerprint density at radius 2 is 1.00 bits per heavy atom. The summed E-state index contributed by atoms with van der Waals surface area (Å²) < 4.78 is 12.3. The first-order chi connectivity index (χ1) is 19.9. The van der Waals surface area contributed by atoms with Crippen molar-refractivity contribution in [3.05, 3.63) is 125 Å². The highest BCUT2D eigenvalue weighted by atomic mass is 16.5. The Hall–Kier alpha value is -3.85. The predicted molar refractivity (Wildman–Crippen MR) is 172 cm³/mol. The van der Waals surface area contributed by atoms with Crippen molar-refractivity contribution in [1.82, 2.24) is 0 Å². The number of carbonyl (C=O) groups excluding carboxylic acids is 1. The fourth-order valence-corrected chi connectivity index (χ4v) is 6.04. The smallest absolute Gasteiger partial charge is 0.193 e. The molecule has 4 aromatic rings. The number of carbonyl (C=O) groups is 1. The van der Waals surface area contributed by atoms with Gasteiger partial charge in [0, 0.05) is 16.5 Å². The molecule has 0 saturated heterocycles. The van der Waals surface area contributed by atoms with Crippen LogP contribution in [0, 0.1) is 0 Å². The van der Waals surface area contributed by atoms with Gasteiger partial charge in [-0.3, -0.25) is 4.79 Å². The third kappa shape index (κ3) is 6.78. The third-order valence-corrected chi connectivity index (χ3v) is 8.31. The van der Waals surface area contributed by atoms with Gasteiger partial charge in [0.2, 0.25) is 0 Å². The van der Waals surface area contributed by atoms with Gasteiger partial charge in [0.05, 0.1) is 0 Å². The van der Waals surface area contributed by atoms with E-state index in [4.69, 9.17) is 9.47 Å². The van der Waals surface area contributed by atoms with E-state index >= 15 is 0 Å².